The molecule has 0 unspecified atom stereocenters. The SMILES string of the molecule is CCCNC(=O)[C@@H]1Cc2ccccc2N1C(=O)OCc1ccccc1. The smallest absolute Gasteiger partial charge is 0.415 e. The molecule has 0 spiro atoms. The van der Waals surface area contributed by atoms with Crippen molar-refractivity contribution in [1.82, 2.24) is 5.32 Å². The number of amides is 2. The monoisotopic (exact) mass is 338 g/mol. The molecule has 1 N–H and O–H groups in total. The molecule has 0 fully saturated rings. The highest BCUT2D eigenvalue weighted by atomic mass is 16.6. The summed E-state index contributed by atoms with van der Waals surface area (Å²) in [6, 6.07) is 16.5. The minimum absolute atomic E-state index is 0.144. The highest BCUT2D eigenvalue weighted by Gasteiger charge is 2.39. The molecular weight excluding hydrogens is 316 g/mol. The summed E-state index contributed by atoms with van der Waals surface area (Å²) in [4.78, 5) is 26.7. The van der Waals surface area contributed by atoms with Gasteiger partial charge in [-0.1, -0.05) is 55.5 Å². The Morgan fingerprint density at radius 2 is 1.84 bits per heavy atom. The third kappa shape index (κ3) is 3.82. The lowest BCUT2D eigenvalue weighted by Gasteiger charge is -2.24. The van der Waals surface area contributed by atoms with E-state index >= 15 is 0 Å². The predicted octanol–water partition coefficient (Wildman–Crippen LogP) is 3.28. The van der Waals surface area contributed by atoms with Crippen molar-refractivity contribution in [3.05, 3.63) is 65.7 Å². The fourth-order valence-corrected chi connectivity index (χ4v) is 2.98. The number of hydrogen-bond donors (Lipinski definition) is 1. The number of ether oxygens (including phenoxy) is 1. The second kappa shape index (κ2) is 7.83. The van der Waals surface area contributed by atoms with E-state index in [0.717, 1.165) is 23.2 Å². The number of carbonyl (C=O) groups is 2. The van der Waals surface area contributed by atoms with Crippen LogP contribution >= 0.6 is 0 Å². The Balaban J connectivity index is 1.76. The number of nitrogens with zero attached hydrogens (tertiary/aromatic N) is 1. The van der Waals surface area contributed by atoms with Crippen LogP contribution in [0.2, 0.25) is 0 Å². The number of carbonyl (C=O) groups excluding carboxylic acids is 2. The van der Waals surface area contributed by atoms with Gasteiger partial charge in [0.1, 0.15) is 12.6 Å². The summed E-state index contributed by atoms with van der Waals surface area (Å²) in [5.74, 6) is -0.144. The van der Waals surface area contributed by atoms with Crippen LogP contribution in [0, 0.1) is 0 Å². The quantitative estimate of drug-likeness (QED) is 0.910. The average molecular weight is 338 g/mol. The molecule has 1 aliphatic heterocycles. The number of benzene rings is 2. The molecule has 2 aromatic carbocycles. The summed E-state index contributed by atoms with van der Waals surface area (Å²) in [7, 11) is 0. The largest absolute Gasteiger partial charge is 0.444 e. The average Bonchev–Trinajstić information content (AvgIpc) is 3.04. The summed E-state index contributed by atoms with van der Waals surface area (Å²) in [5.41, 5.74) is 2.64. The number of anilines is 1. The van der Waals surface area contributed by atoms with E-state index in [0.29, 0.717) is 13.0 Å². The molecule has 1 heterocycles. The Hall–Kier alpha value is -2.82. The van der Waals surface area contributed by atoms with Gasteiger partial charge in [-0.3, -0.25) is 9.69 Å². The Kier molecular flexibility index (Phi) is 5.33. The first-order chi connectivity index (χ1) is 12.2. The van der Waals surface area contributed by atoms with Gasteiger partial charge in [0.25, 0.3) is 0 Å². The van der Waals surface area contributed by atoms with Crippen LogP contribution in [-0.2, 0) is 22.6 Å². The molecule has 1 atom stereocenters. The molecule has 0 aromatic heterocycles. The van der Waals surface area contributed by atoms with E-state index in [4.69, 9.17) is 4.74 Å². The molecule has 0 aliphatic carbocycles. The van der Waals surface area contributed by atoms with Crippen molar-refractivity contribution in [3.63, 3.8) is 0 Å². The molecule has 2 aromatic rings. The van der Waals surface area contributed by atoms with Gasteiger partial charge in [0.2, 0.25) is 5.91 Å². The maximum atomic E-state index is 12.7. The van der Waals surface area contributed by atoms with Crippen LogP contribution < -0.4 is 10.2 Å². The van der Waals surface area contributed by atoms with Gasteiger partial charge in [-0.25, -0.2) is 4.79 Å². The number of fused-ring (bicyclic) bond motifs is 1. The van der Waals surface area contributed by atoms with Crippen molar-refractivity contribution in [3.8, 4) is 0 Å². The Labute approximate surface area is 147 Å². The molecule has 0 saturated heterocycles. The van der Waals surface area contributed by atoms with Crippen LogP contribution in [0.25, 0.3) is 0 Å². The molecule has 0 saturated carbocycles. The van der Waals surface area contributed by atoms with Crippen LogP contribution in [0.15, 0.2) is 54.6 Å². The summed E-state index contributed by atoms with van der Waals surface area (Å²) in [6.45, 7) is 2.77. The van der Waals surface area contributed by atoms with Gasteiger partial charge >= 0.3 is 6.09 Å². The first kappa shape index (κ1) is 17.0. The maximum Gasteiger partial charge on any atom is 0.415 e. The van der Waals surface area contributed by atoms with E-state index in [1.54, 1.807) is 0 Å². The Bertz CT molecular complexity index is 746. The number of nitrogens with one attached hydrogen (secondary N) is 1. The molecule has 5 nitrogen and oxygen atoms in total. The highest BCUT2D eigenvalue weighted by Crippen LogP contribution is 2.32. The van der Waals surface area contributed by atoms with Gasteiger partial charge in [-0.15, -0.1) is 0 Å². The van der Waals surface area contributed by atoms with Crippen molar-refractivity contribution in [2.24, 2.45) is 0 Å². The molecule has 25 heavy (non-hydrogen) atoms. The van der Waals surface area contributed by atoms with Crippen molar-refractivity contribution in [2.45, 2.75) is 32.4 Å². The van der Waals surface area contributed by atoms with E-state index in [2.05, 4.69) is 5.32 Å². The van der Waals surface area contributed by atoms with Crippen LogP contribution in [0.4, 0.5) is 10.5 Å². The van der Waals surface area contributed by atoms with Crippen LogP contribution in [0.1, 0.15) is 24.5 Å². The zero-order chi connectivity index (χ0) is 17.6. The minimum atomic E-state index is -0.563. The van der Waals surface area contributed by atoms with Gasteiger partial charge in [-0.2, -0.15) is 0 Å². The van der Waals surface area contributed by atoms with Crippen molar-refractivity contribution >= 4 is 17.7 Å². The van der Waals surface area contributed by atoms with E-state index in [1.807, 2.05) is 61.5 Å². The van der Waals surface area contributed by atoms with Gasteiger partial charge < -0.3 is 10.1 Å². The zero-order valence-electron chi connectivity index (χ0n) is 14.3. The van der Waals surface area contributed by atoms with Gasteiger partial charge in [0, 0.05) is 13.0 Å². The standard InChI is InChI=1S/C20H22N2O3/c1-2-12-21-19(23)18-13-16-10-6-7-11-17(16)22(18)20(24)25-14-15-8-4-3-5-9-15/h3-11,18H,2,12-14H2,1H3,(H,21,23)/t18-/m0/s1. The molecule has 5 heteroatoms. The Morgan fingerprint density at radius 1 is 1.12 bits per heavy atom. The van der Waals surface area contributed by atoms with E-state index < -0.39 is 12.1 Å². The second-order valence-corrected chi connectivity index (χ2v) is 6.05. The first-order valence-corrected chi connectivity index (χ1v) is 8.56. The van der Waals surface area contributed by atoms with Gasteiger partial charge in [0.15, 0.2) is 0 Å². The molecule has 3 rings (SSSR count). The fraction of sp³-hybridized carbons (Fsp3) is 0.300. The third-order valence-electron chi connectivity index (χ3n) is 4.23. The van der Waals surface area contributed by atoms with Crippen LogP contribution in [0.5, 0.6) is 0 Å². The molecule has 0 radical (unpaired) electrons. The van der Waals surface area contributed by atoms with Crippen molar-refractivity contribution < 1.29 is 14.3 Å². The molecule has 1 aliphatic rings. The normalized spacial score (nSPS) is 15.6. The van der Waals surface area contributed by atoms with Crippen molar-refractivity contribution in [1.29, 1.82) is 0 Å². The van der Waals surface area contributed by atoms with E-state index in [-0.39, 0.29) is 12.5 Å². The molecule has 130 valence electrons. The summed E-state index contributed by atoms with van der Waals surface area (Å²) in [6.07, 6.45) is 0.862. The van der Waals surface area contributed by atoms with E-state index in [1.165, 1.54) is 4.90 Å². The number of rotatable bonds is 5. The summed E-state index contributed by atoms with van der Waals surface area (Å²) in [5, 5.41) is 2.88. The van der Waals surface area contributed by atoms with Gasteiger partial charge in [0.05, 0.1) is 5.69 Å². The van der Waals surface area contributed by atoms with Crippen LogP contribution in [-0.4, -0.2) is 24.6 Å². The third-order valence-corrected chi connectivity index (χ3v) is 4.23. The number of para-hydroxylation sites is 1. The highest BCUT2D eigenvalue weighted by molar-refractivity contribution is 6.00. The lowest BCUT2D eigenvalue weighted by Crippen LogP contribution is -2.48. The number of hydrogen-bond acceptors (Lipinski definition) is 3. The van der Waals surface area contributed by atoms with Crippen molar-refractivity contribution in [2.75, 3.05) is 11.4 Å². The topological polar surface area (TPSA) is 58.6 Å². The van der Waals surface area contributed by atoms with E-state index in [9.17, 15) is 9.59 Å². The fourth-order valence-electron chi connectivity index (χ4n) is 2.98. The lowest BCUT2D eigenvalue weighted by molar-refractivity contribution is -0.122. The first-order valence-electron chi connectivity index (χ1n) is 8.56. The maximum absolute atomic E-state index is 12.7. The molecular formula is C20H22N2O3. The zero-order valence-corrected chi connectivity index (χ0v) is 14.3. The van der Waals surface area contributed by atoms with Crippen LogP contribution in [0.3, 0.4) is 0 Å². The lowest BCUT2D eigenvalue weighted by atomic mass is 10.1. The second-order valence-electron chi connectivity index (χ2n) is 6.05. The molecule has 0 bridgehead atoms. The Morgan fingerprint density at radius 3 is 2.60 bits per heavy atom. The van der Waals surface area contributed by atoms with Gasteiger partial charge in [-0.05, 0) is 23.6 Å². The molecule has 2 amide bonds. The summed E-state index contributed by atoms with van der Waals surface area (Å²) >= 11 is 0. The predicted molar refractivity (Wildman–Crippen MR) is 96.3 cm³/mol. The summed E-state index contributed by atoms with van der Waals surface area (Å²) < 4.78 is 5.46. The minimum Gasteiger partial charge on any atom is -0.444 e.